The van der Waals surface area contributed by atoms with Crippen molar-refractivity contribution in [2.75, 3.05) is 0 Å². The normalized spacial score (nSPS) is 13.4. The first-order valence-corrected chi connectivity index (χ1v) is 11.1. The van der Waals surface area contributed by atoms with Gasteiger partial charge in [-0.3, -0.25) is 0 Å². The predicted octanol–water partition coefficient (Wildman–Crippen LogP) is 3.06. The summed E-state index contributed by atoms with van der Waals surface area (Å²) in [7, 11) is -7.66. The lowest BCUT2D eigenvalue weighted by atomic mass is 10.3. The van der Waals surface area contributed by atoms with Crippen LogP contribution in [0.4, 0.5) is 13.2 Å². The molecule has 9 heteroatoms. The van der Waals surface area contributed by atoms with E-state index < -0.39 is 23.7 Å². The van der Waals surface area contributed by atoms with Crippen molar-refractivity contribution in [2.24, 2.45) is 0 Å². The summed E-state index contributed by atoms with van der Waals surface area (Å²) in [4.78, 5) is 0. The molecule has 0 saturated carbocycles. The number of rotatable bonds is 3. The summed E-state index contributed by atoms with van der Waals surface area (Å²) in [5.41, 5.74) is -5.42. The SMILES string of the molecule is C[Si](C)(C)c1cc(I)ccc1OS(=O)(=O)C(F)(F)F. The molecule has 1 rings (SSSR count). The largest absolute Gasteiger partial charge is 0.534 e. The van der Waals surface area contributed by atoms with Gasteiger partial charge in [-0.05, 0) is 46.0 Å². The van der Waals surface area contributed by atoms with Crippen LogP contribution >= 0.6 is 22.6 Å². The zero-order valence-electron chi connectivity index (χ0n) is 10.4. The Kier molecular flexibility index (Phi) is 4.62. The van der Waals surface area contributed by atoms with E-state index in [1.54, 1.807) is 6.07 Å². The molecule has 0 atom stereocenters. The van der Waals surface area contributed by atoms with Crippen LogP contribution in [-0.4, -0.2) is 22.0 Å². The summed E-state index contributed by atoms with van der Waals surface area (Å²) >= 11 is 2.01. The van der Waals surface area contributed by atoms with Crippen molar-refractivity contribution in [3.63, 3.8) is 0 Å². The predicted molar refractivity (Wildman–Crippen MR) is 77.7 cm³/mol. The molecule has 1 aromatic rings. The molecule has 1 aromatic carbocycles. The second-order valence-electron chi connectivity index (χ2n) is 4.87. The van der Waals surface area contributed by atoms with Crippen LogP contribution in [0.2, 0.25) is 19.6 Å². The fourth-order valence-electron chi connectivity index (χ4n) is 1.33. The third-order valence-corrected chi connectivity index (χ3v) is 5.88. The summed E-state index contributed by atoms with van der Waals surface area (Å²) in [5.74, 6) is -0.239. The van der Waals surface area contributed by atoms with Gasteiger partial charge in [0, 0.05) is 3.57 Å². The second-order valence-corrected chi connectivity index (χ2v) is 12.7. The molecule has 0 aromatic heterocycles. The molecule has 0 heterocycles. The van der Waals surface area contributed by atoms with E-state index in [2.05, 4.69) is 4.18 Å². The molecule has 0 bridgehead atoms. The van der Waals surface area contributed by atoms with E-state index in [1.165, 1.54) is 12.1 Å². The van der Waals surface area contributed by atoms with E-state index in [4.69, 9.17) is 0 Å². The lowest BCUT2D eigenvalue weighted by Crippen LogP contribution is -2.40. The van der Waals surface area contributed by atoms with Gasteiger partial charge in [0.1, 0.15) is 5.75 Å². The van der Waals surface area contributed by atoms with Crippen molar-refractivity contribution in [1.29, 1.82) is 0 Å². The maximum atomic E-state index is 12.3. The molecule has 0 fully saturated rings. The zero-order chi connectivity index (χ0) is 15.1. The smallest absolute Gasteiger partial charge is 0.376 e. The molecule has 0 amide bonds. The quantitative estimate of drug-likeness (QED) is 0.324. The number of hydrogen-bond acceptors (Lipinski definition) is 3. The highest BCUT2D eigenvalue weighted by Crippen LogP contribution is 2.27. The van der Waals surface area contributed by atoms with E-state index in [0.29, 0.717) is 5.19 Å². The Morgan fingerprint density at radius 1 is 1.21 bits per heavy atom. The van der Waals surface area contributed by atoms with Crippen molar-refractivity contribution >= 4 is 46.0 Å². The van der Waals surface area contributed by atoms with E-state index in [9.17, 15) is 21.6 Å². The lowest BCUT2D eigenvalue weighted by molar-refractivity contribution is -0.0499. The maximum Gasteiger partial charge on any atom is 0.534 e. The number of benzene rings is 1. The van der Waals surface area contributed by atoms with Crippen molar-refractivity contribution < 1.29 is 25.8 Å². The zero-order valence-corrected chi connectivity index (χ0v) is 14.4. The second kappa shape index (κ2) is 5.24. The fraction of sp³-hybridized carbons (Fsp3) is 0.400. The minimum atomic E-state index is -5.63. The molecular formula is C10H12F3IO3SSi. The van der Waals surface area contributed by atoms with E-state index >= 15 is 0 Å². The van der Waals surface area contributed by atoms with Gasteiger partial charge < -0.3 is 4.18 Å². The third-order valence-electron chi connectivity index (χ3n) is 2.23. The van der Waals surface area contributed by atoms with Gasteiger partial charge in [0.15, 0.2) is 0 Å². The first-order chi connectivity index (χ1) is 8.34. The Balaban J connectivity index is 3.31. The summed E-state index contributed by atoms with van der Waals surface area (Å²) in [6.07, 6.45) is 0. The average molecular weight is 424 g/mol. The molecule has 0 aliphatic rings. The van der Waals surface area contributed by atoms with Crippen LogP contribution in [0.1, 0.15) is 0 Å². The first kappa shape index (κ1) is 16.8. The highest BCUT2D eigenvalue weighted by atomic mass is 127. The molecule has 0 saturated heterocycles. The van der Waals surface area contributed by atoms with E-state index in [1.807, 2.05) is 42.2 Å². The van der Waals surface area contributed by atoms with Gasteiger partial charge in [0.25, 0.3) is 0 Å². The van der Waals surface area contributed by atoms with E-state index in [-0.39, 0.29) is 5.75 Å². The molecule has 0 N–H and O–H groups in total. The number of hydrogen-bond donors (Lipinski definition) is 0. The van der Waals surface area contributed by atoms with Crippen molar-refractivity contribution in [3.05, 3.63) is 21.8 Å². The van der Waals surface area contributed by atoms with Crippen molar-refractivity contribution in [3.8, 4) is 5.75 Å². The highest BCUT2D eigenvalue weighted by molar-refractivity contribution is 14.1. The first-order valence-electron chi connectivity index (χ1n) is 5.15. The molecule has 0 unspecified atom stereocenters. The van der Waals surface area contributed by atoms with Gasteiger partial charge in [-0.15, -0.1) is 0 Å². The van der Waals surface area contributed by atoms with Crippen LogP contribution in [0.5, 0.6) is 5.75 Å². The Bertz CT molecular complexity index is 579. The Labute approximate surface area is 124 Å². The van der Waals surface area contributed by atoms with Crippen molar-refractivity contribution in [2.45, 2.75) is 25.1 Å². The van der Waals surface area contributed by atoms with Gasteiger partial charge in [0.05, 0.1) is 8.07 Å². The van der Waals surface area contributed by atoms with Crippen LogP contribution in [0, 0.1) is 3.57 Å². The molecule has 19 heavy (non-hydrogen) atoms. The fourth-order valence-corrected chi connectivity index (χ4v) is 4.12. The van der Waals surface area contributed by atoms with E-state index in [0.717, 1.165) is 3.57 Å². The number of alkyl halides is 3. The van der Waals surface area contributed by atoms with Crippen LogP contribution in [-0.2, 0) is 10.1 Å². The number of halogens is 4. The summed E-state index contributed by atoms with van der Waals surface area (Å²) in [6.45, 7) is 5.68. The molecule has 0 spiro atoms. The lowest BCUT2D eigenvalue weighted by Gasteiger charge is -2.21. The molecule has 0 aliphatic carbocycles. The molecule has 3 nitrogen and oxygen atoms in total. The van der Waals surface area contributed by atoms with Crippen molar-refractivity contribution in [1.82, 2.24) is 0 Å². The maximum absolute atomic E-state index is 12.3. The molecule has 0 radical (unpaired) electrons. The summed E-state index contributed by atoms with van der Waals surface area (Å²) in [5, 5.41) is 0.534. The molecular weight excluding hydrogens is 412 g/mol. The minimum absolute atomic E-state index is 0.239. The monoisotopic (exact) mass is 424 g/mol. The third kappa shape index (κ3) is 4.08. The van der Waals surface area contributed by atoms with Crippen LogP contribution < -0.4 is 9.37 Å². The van der Waals surface area contributed by atoms with Crippen LogP contribution in [0.15, 0.2) is 18.2 Å². The van der Waals surface area contributed by atoms with Gasteiger partial charge >= 0.3 is 15.6 Å². The van der Waals surface area contributed by atoms with Gasteiger partial charge in [-0.2, -0.15) is 21.6 Å². The van der Waals surface area contributed by atoms with Crippen LogP contribution in [0.3, 0.4) is 0 Å². The molecule has 108 valence electrons. The summed E-state index contributed by atoms with van der Waals surface area (Å²) < 4.78 is 64.1. The van der Waals surface area contributed by atoms with Gasteiger partial charge in [0.2, 0.25) is 0 Å². The topological polar surface area (TPSA) is 43.4 Å². The molecule has 0 aliphatic heterocycles. The highest BCUT2D eigenvalue weighted by Gasteiger charge is 2.49. The minimum Gasteiger partial charge on any atom is -0.376 e. The van der Waals surface area contributed by atoms with Crippen LogP contribution in [0.25, 0.3) is 0 Å². The Morgan fingerprint density at radius 2 is 1.74 bits per heavy atom. The summed E-state index contributed by atoms with van der Waals surface area (Å²) in [6, 6.07) is 4.43. The van der Waals surface area contributed by atoms with Gasteiger partial charge in [-0.25, -0.2) is 0 Å². The Morgan fingerprint density at radius 3 is 2.16 bits per heavy atom. The van der Waals surface area contributed by atoms with Gasteiger partial charge in [-0.1, -0.05) is 19.6 Å². The standard InChI is InChI=1S/C10H12F3IO3SSi/c1-19(2,3)9-6-7(14)4-5-8(9)17-18(15,16)10(11,12)13/h4-6H,1-3H3. The Hall–Kier alpha value is -0.293. The average Bonchev–Trinajstić information content (AvgIpc) is 2.17.